The van der Waals surface area contributed by atoms with Crippen LogP contribution in [0.5, 0.6) is 0 Å². The predicted octanol–water partition coefficient (Wildman–Crippen LogP) is 3.44. The Morgan fingerprint density at radius 2 is 2.16 bits per heavy atom. The number of rotatable bonds is 6. The zero-order chi connectivity index (χ0) is 17.8. The molecule has 0 saturated heterocycles. The topological polar surface area (TPSA) is 85.8 Å². The molecule has 0 spiro atoms. The highest BCUT2D eigenvalue weighted by molar-refractivity contribution is 7.99. The molecule has 0 saturated carbocycles. The molecule has 0 atom stereocenters. The van der Waals surface area contributed by atoms with Gasteiger partial charge in [-0.25, -0.2) is 4.68 Å². The quantitative estimate of drug-likeness (QED) is 0.477. The van der Waals surface area contributed by atoms with E-state index in [1.165, 1.54) is 27.8 Å². The van der Waals surface area contributed by atoms with Gasteiger partial charge in [0.1, 0.15) is 0 Å². The van der Waals surface area contributed by atoms with Crippen LogP contribution in [-0.4, -0.2) is 26.5 Å². The third-order valence-electron chi connectivity index (χ3n) is 3.23. The molecule has 1 aromatic carbocycles. The van der Waals surface area contributed by atoms with Gasteiger partial charge in [-0.1, -0.05) is 47.1 Å². The molecule has 3 N–H and O–H groups in total. The summed E-state index contributed by atoms with van der Waals surface area (Å²) in [6.45, 7) is 0.325. The molecule has 0 aliphatic heterocycles. The minimum absolute atomic E-state index is 0.156. The fourth-order valence-electron chi connectivity index (χ4n) is 1.99. The van der Waals surface area contributed by atoms with Gasteiger partial charge in [0.05, 0.1) is 10.6 Å². The molecule has 130 valence electrons. The minimum atomic E-state index is -0.156. The third kappa shape index (κ3) is 4.46. The van der Waals surface area contributed by atoms with Gasteiger partial charge in [0.15, 0.2) is 5.82 Å². The number of hydrogen-bond acceptors (Lipinski definition) is 6. The number of halogens is 2. The van der Waals surface area contributed by atoms with Crippen molar-refractivity contribution in [3.8, 4) is 10.7 Å². The second kappa shape index (κ2) is 8.09. The third-order valence-corrected chi connectivity index (χ3v) is 5.63. The Labute approximate surface area is 162 Å². The first kappa shape index (κ1) is 18.1. The van der Waals surface area contributed by atoms with Crippen LogP contribution in [0.4, 0.5) is 0 Å². The lowest BCUT2D eigenvalue weighted by Gasteiger charge is -2.07. The van der Waals surface area contributed by atoms with Gasteiger partial charge >= 0.3 is 0 Å². The second-order valence-corrected chi connectivity index (χ2v) is 7.69. The first-order valence-corrected chi connectivity index (χ1v) is 9.74. The molecule has 3 rings (SSSR count). The number of carbonyl (C=O) groups excluding carboxylic acids is 1. The summed E-state index contributed by atoms with van der Waals surface area (Å²) in [5, 5.41) is 14.4. The van der Waals surface area contributed by atoms with Gasteiger partial charge in [-0.2, -0.15) is 0 Å². The number of nitrogens with one attached hydrogen (secondary N) is 1. The van der Waals surface area contributed by atoms with Crippen LogP contribution in [0.2, 0.25) is 10.0 Å². The zero-order valence-corrected chi connectivity index (χ0v) is 15.9. The lowest BCUT2D eigenvalue weighted by Crippen LogP contribution is -2.25. The molecule has 0 fully saturated rings. The van der Waals surface area contributed by atoms with E-state index in [0.717, 1.165) is 10.4 Å². The molecule has 0 aliphatic carbocycles. The van der Waals surface area contributed by atoms with Crippen LogP contribution in [0.25, 0.3) is 10.7 Å². The standard InChI is InChI=1S/C15H13Cl2N5OS2/c16-10-4-3-9(11(17)6-10)7-19-13(23)8-25-15-21-20-14(22(15)18)12-2-1-5-24-12/h1-6H,7-8,18H2,(H,19,23). The maximum atomic E-state index is 12.0. The number of hydrogen-bond donors (Lipinski definition) is 2. The predicted molar refractivity (Wildman–Crippen MR) is 103 cm³/mol. The largest absolute Gasteiger partial charge is 0.351 e. The fraction of sp³-hybridized carbons (Fsp3) is 0.133. The maximum absolute atomic E-state index is 12.0. The lowest BCUT2D eigenvalue weighted by molar-refractivity contribution is -0.118. The average molecular weight is 414 g/mol. The van der Waals surface area contributed by atoms with Gasteiger partial charge < -0.3 is 11.2 Å². The number of thiophene rings is 1. The monoisotopic (exact) mass is 413 g/mol. The van der Waals surface area contributed by atoms with Gasteiger partial charge in [0.25, 0.3) is 0 Å². The number of thioether (sulfide) groups is 1. The van der Waals surface area contributed by atoms with E-state index in [1.807, 2.05) is 17.5 Å². The molecule has 0 unspecified atom stereocenters. The Morgan fingerprint density at radius 1 is 1.32 bits per heavy atom. The van der Waals surface area contributed by atoms with Crippen molar-refractivity contribution in [2.24, 2.45) is 0 Å². The summed E-state index contributed by atoms with van der Waals surface area (Å²) in [6, 6.07) is 8.98. The first-order chi connectivity index (χ1) is 12.0. The van der Waals surface area contributed by atoms with E-state index in [9.17, 15) is 4.79 Å². The lowest BCUT2D eigenvalue weighted by atomic mass is 10.2. The first-order valence-electron chi connectivity index (χ1n) is 7.12. The smallest absolute Gasteiger partial charge is 0.230 e. The summed E-state index contributed by atoms with van der Waals surface area (Å²) >= 11 is 14.7. The van der Waals surface area contributed by atoms with Crippen LogP contribution < -0.4 is 11.2 Å². The number of aromatic nitrogens is 3. The zero-order valence-electron chi connectivity index (χ0n) is 12.8. The molecular weight excluding hydrogens is 401 g/mol. The van der Waals surface area contributed by atoms with Crippen molar-refractivity contribution < 1.29 is 4.79 Å². The van der Waals surface area contributed by atoms with Crippen LogP contribution in [0.1, 0.15) is 5.56 Å². The van der Waals surface area contributed by atoms with Gasteiger partial charge in [-0.05, 0) is 29.1 Å². The number of nitrogens with zero attached hydrogens (tertiary/aromatic N) is 3. The van der Waals surface area contributed by atoms with E-state index in [2.05, 4.69) is 15.5 Å². The van der Waals surface area contributed by atoms with E-state index in [1.54, 1.807) is 18.2 Å². The molecule has 0 bridgehead atoms. The normalized spacial score (nSPS) is 10.8. The molecule has 0 aliphatic rings. The Morgan fingerprint density at radius 3 is 2.88 bits per heavy atom. The summed E-state index contributed by atoms with van der Waals surface area (Å²) < 4.78 is 1.39. The Kier molecular flexibility index (Phi) is 5.85. The van der Waals surface area contributed by atoms with E-state index in [4.69, 9.17) is 29.0 Å². The summed E-state index contributed by atoms with van der Waals surface area (Å²) in [5.74, 6) is 6.59. The molecule has 1 amide bonds. The van der Waals surface area contributed by atoms with E-state index in [-0.39, 0.29) is 11.7 Å². The van der Waals surface area contributed by atoms with Gasteiger partial charge in [-0.3, -0.25) is 4.79 Å². The van der Waals surface area contributed by atoms with Crippen LogP contribution in [0.3, 0.4) is 0 Å². The molecule has 3 aromatic rings. The summed E-state index contributed by atoms with van der Waals surface area (Å²) in [4.78, 5) is 12.9. The van der Waals surface area contributed by atoms with E-state index in [0.29, 0.717) is 27.6 Å². The summed E-state index contributed by atoms with van der Waals surface area (Å²) in [5.41, 5.74) is 0.798. The van der Waals surface area contributed by atoms with E-state index >= 15 is 0 Å². The molecule has 10 heteroatoms. The van der Waals surface area contributed by atoms with Gasteiger partial charge in [-0.15, -0.1) is 21.5 Å². The van der Waals surface area contributed by atoms with Crippen molar-refractivity contribution in [3.63, 3.8) is 0 Å². The maximum Gasteiger partial charge on any atom is 0.230 e. The van der Waals surface area contributed by atoms with Crippen molar-refractivity contribution in [1.82, 2.24) is 20.2 Å². The highest BCUT2D eigenvalue weighted by Gasteiger charge is 2.14. The molecular formula is C15H13Cl2N5OS2. The molecule has 25 heavy (non-hydrogen) atoms. The number of carbonyl (C=O) groups is 1. The Bertz CT molecular complexity index is 882. The van der Waals surface area contributed by atoms with Crippen LogP contribution >= 0.6 is 46.3 Å². The van der Waals surface area contributed by atoms with E-state index < -0.39 is 0 Å². The molecule has 0 radical (unpaired) electrons. The molecule has 2 aromatic heterocycles. The van der Waals surface area contributed by atoms with Crippen LogP contribution in [0.15, 0.2) is 40.9 Å². The van der Waals surface area contributed by atoms with Crippen molar-refractivity contribution in [3.05, 3.63) is 51.3 Å². The highest BCUT2D eigenvalue weighted by Crippen LogP contribution is 2.25. The second-order valence-electron chi connectivity index (χ2n) is 4.95. The summed E-state index contributed by atoms with van der Waals surface area (Å²) in [6.07, 6.45) is 0. The van der Waals surface area contributed by atoms with Crippen molar-refractivity contribution in [1.29, 1.82) is 0 Å². The van der Waals surface area contributed by atoms with Gasteiger partial charge in [0, 0.05) is 16.6 Å². The van der Waals surface area contributed by atoms with Crippen LogP contribution in [0, 0.1) is 0 Å². The number of amides is 1. The van der Waals surface area contributed by atoms with Crippen molar-refractivity contribution in [2.45, 2.75) is 11.7 Å². The van der Waals surface area contributed by atoms with Crippen molar-refractivity contribution in [2.75, 3.05) is 11.6 Å². The SMILES string of the molecule is Nn1c(SCC(=O)NCc2ccc(Cl)cc2Cl)nnc1-c1cccs1. The Balaban J connectivity index is 1.54. The average Bonchev–Trinajstić information content (AvgIpc) is 3.22. The Hall–Kier alpha value is -1.74. The molecule has 2 heterocycles. The number of benzene rings is 1. The summed E-state index contributed by atoms with van der Waals surface area (Å²) in [7, 11) is 0. The molecule has 6 nitrogen and oxygen atoms in total. The van der Waals surface area contributed by atoms with Crippen LogP contribution in [-0.2, 0) is 11.3 Å². The fourth-order valence-corrected chi connectivity index (χ4v) is 3.86. The van der Waals surface area contributed by atoms with Crippen molar-refractivity contribution >= 4 is 52.2 Å². The highest BCUT2D eigenvalue weighted by atomic mass is 35.5. The minimum Gasteiger partial charge on any atom is -0.351 e. The van der Waals surface area contributed by atoms with Gasteiger partial charge in [0.2, 0.25) is 11.1 Å². The number of nitrogen functional groups attached to an aromatic ring is 1. The number of nitrogens with two attached hydrogens (primary N) is 1.